The molecule has 0 spiro atoms. The number of benzene rings is 2. The number of rotatable bonds is 5. The Labute approximate surface area is 173 Å². The lowest BCUT2D eigenvalue weighted by Gasteiger charge is -2.27. The third-order valence-electron chi connectivity index (χ3n) is 5.89. The summed E-state index contributed by atoms with van der Waals surface area (Å²) < 4.78 is 14.7. The van der Waals surface area contributed by atoms with E-state index >= 15 is 0 Å². The van der Waals surface area contributed by atoms with Crippen molar-refractivity contribution in [2.45, 2.75) is 19.8 Å². The highest BCUT2D eigenvalue weighted by Crippen LogP contribution is 2.34. The maximum Gasteiger partial charge on any atom is 0.330 e. The van der Waals surface area contributed by atoms with E-state index < -0.39 is 5.41 Å². The summed E-state index contributed by atoms with van der Waals surface area (Å²) in [7, 11) is 0. The molecule has 1 aliphatic heterocycles. The van der Waals surface area contributed by atoms with Crippen LogP contribution in [-0.4, -0.2) is 45.2 Å². The van der Waals surface area contributed by atoms with Crippen molar-refractivity contribution in [3.63, 3.8) is 0 Å². The van der Waals surface area contributed by atoms with Crippen LogP contribution in [0.15, 0.2) is 59.5 Å². The number of aliphatic hydroxyl groups is 1. The zero-order chi connectivity index (χ0) is 21.3. The molecule has 2 N–H and O–H groups in total. The van der Waals surface area contributed by atoms with Gasteiger partial charge in [0.2, 0.25) is 0 Å². The van der Waals surface area contributed by atoms with Gasteiger partial charge >= 0.3 is 5.69 Å². The SMILES string of the molecule is Cc1c[nH]c(=O)n1-c1ccc(C(=O)N2CCC(CO)(Cc3ccc(F)cc3)C2)cc1. The van der Waals surface area contributed by atoms with Gasteiger partial charge in [0.1, 0.15) is 5.82 Å². The molecule has 1 unspecified atom stereocenters. The molecule has 156 valence electrons. The smallest absolute Gasteiger partial charge is 0.330 e. The highest BCUT2D eigenvalue weighted by molar-refractivity contribution is 5.94. The normalized spacial score (nSPS) is 18.7. The van der Waals surface area contributed by atoms with Crippen molar-refractivity contribution in [2.24, 2.45) is 5.41 Å². The van der Waals surface area contributed by atoms with Gasteiger partial charge in [-0.1, -0.05) is 12.1 Å². The lowest BCUT2D eigenvalue weighted by Crippen LogP contribution is -2.35. The quantitative estimate of drug-likeness (QED) is 0.680. The van der Waals surface area contributed by atoms with E-state index in [4.69, 9.17) is 0 Å². The molecule has 1 aliphatic rings. The Morgan fingerprint density at radius 1 is 1.17 bits per heavy atom. The third-order valence-corrected chi connectivity index (χ3v) is 5.89. The van der Waals surface area contributed by atoms with Crippen LogP contribution < -0.4 is 5.69 Å². The van der Waals surface area contributed by atoms with Gasteiger partial charge in [-0.25, -0.2) is 9.18 Å². The first-order chi connectivity index (χ1) is 14.4. The number of likely N-dealkylation sites (tertiary alicyclic amines) is 1. The topological polar surface area (TPSA) is 78.3 Å². The minimum absolute atomic E-state index is 0.0389. The summed E-state index contributed by atoms with van der Waals surface area (Å²) in [4.78, 5) is 29.3. The molecule has 6 nitrogen and oxygen atoms in total. The molecule has 30 heavy (non-hydrogen) atoms. The summed E-state index contributed by atoms with van der Waals surface area (Å²) in [6.07, 6.45) is 2.91. The molecule has 0 saturated carbocycles. The minimum Gasteiger partial charge on any atom is -0.396 e. The number of aliphatic hydroxyl groups excluding tert-OH is 1. The molecule has 2 heterocycles. The number of imidazole rings is 1. The number of carbonyl (C=O) groups is 1. The molecule has 1 saturated heterocycles. The van der Waals surface area contributed by atoms with E-state index in [1.165, 1.54) is 12.1 Å². The van der Waals surface area contributed by atoms with Crippen molar-refractivity contribution in [1.82, 2.24) is 14.5 Å². The summed E-state index contributed by atoms with van der Waals surface area (Å²) in [5.74, 6) is -0.394. The summed E-state index contributed by atoms with van der Waals surface area (Å²) in [5.41, 5.74) is 2.31. The number of carbonyl (C=O) groups excluding carboxylic acids is 1. The highest BCUT2D eigenvalue weighted by atomic mass is 19.1. The average Bonchev–Trinajstić information content (AvgIpc) is 3.33. The molecule has 0 bridgehead atoms. The van der Waals surface area contributed by atoms with Crippen molar-refractivity contribution in [3.05, 3.63) is 87.9 Å². The fourth-order valence-corrected chi connectivity index (χ4v) is 4.18. The zero-order valence-corrected chi connectivity index (χ0v) is 16.8. The summed E-state index contributed by atoms with van der Waals surface area (Å²) in [5, 5.41) is 10.0. The van der Waals surface area contributed by atoms with Crippen LogP contribution in [-0.2, 0) is 6.42 Å². The first-order valence-electron chi connectivity index (χ1n) is 9.93. The van der Waals surface area contributed by atoms with Gasteiger partial charge < -0.3 is 15.0 Å². The van der Waals surface area contributed by atoms with Crippen molar-refractivity contribution in [2.75, 3.05) is 19.7 Å². The van der Waals surface area contributed by atoms with E-state index in [1.54, 1.807) is 52.1 Å². The van der Waals surface area contributed by atoms with E-state index in [2.05, 4.69) is 4.98 Å². The summed E-state index contributed by atoms with van der Waals surface area (Å²) in [6.45, 7) is 2.79. The number of H-pyrrole nitrogens is 1. The number of hydrogen-bond acceptors (Lipinski definition) is 3. The lowest BCUT2D eigenvalue weighted by atomic mass is 9.81. The fourth-order valence-electron chi connectivity index (χ4n) is 4.18. The molecule has 1 atom stereocenters. The molecule has 1 amide bonds. The van der Waals surface area contributed by atoms with Gasteiger partial charge in [0.15, 0.2) is 0 Å². The standard InChI is InChI=1S/C23H24FN3O3/c1-16-13-25-22(30)27(16)20-8-4-18(5-9-20)21(29)26-11-10-23(14-26,15-28)12-17-2-6-19(24)7-3-17/h2-9,13,28H,10-12,14-15H2,1H3,(H,25,30). The molecular weight excluding hydrogens is 385 g/mol. The Morgan fingerprint density at radius 3 is 2.47 bits per heavy atom. The Morgan fingerprint density at radius 2 is 1.87 bits per heavy atom. The second-order valence-electron chi connectivity index (χ2n) is 8.06. The molecule has 0 aliphatic carbocycles. The van der Waals surface area contributed by atoms with Crippen LogP contribution >= 0.6 is 0 Å². The van der Waals surface area contributed by atoms with Gasteiger partial charge in [-0.05, 0) is 61.7 Å². The largest absolute Gasteiger partial charge is 0.396 e. The van der Waals surface area contributed by atoms with Gasteiger partial charge in [-0.15, -0.1) is 0 Å². The number of aryl methyl sites for hydroxylation is 1. The van der Waals surface area contributed by atoms with Gasteiger partial charge in [0.25, 0.3) is 5.91 Å². The Balaban J connectivity index is 1.48. The lowest BCUT2D eigenvalue weighted by molar-refractivity contribution is 0.0739. The van der Waals surface area contributed by atoms with E-state index in [0.29, 0.717) is 37.2 Å². The summed E-state index contributed by atoms with van der Waals surface area (Å²) in [6, 6.07) is 13.2. The van der Waals surface area contributed by atoms with E-state index in [9.17, 15) is 19.1 Å². The van der Waals surface area contributed by atoms with Crippen LogP contribution in [0.25, 0.3) is 5.69 Å². The Bertz CT molecular complexity index is 1100. The van der Waals surface area contributed by atoms with Crippen LogP contribution in [0.4, 0.5) is 4.39 Å². The maximum atomic E-state index is 13.2. The number of halogens is 1. The van der Waals surface area contributed by atoms with E-state index in [-0.39, 0.29) is 24.0 Å². The number of aromatic amines is 1. The molecule has 7 heteroatoms. The van der Waals surface area contributed by atoms with Crippen LogP contribution in [0.1, 0.15) is 28.0 Å². The van der Waals surface area contributed by atoms with Crippen LogP contribution in [0.5, 0.6) is 0 Å². The first-order valence-corrected chi connectivity index (χ1v) is 9.93. The highest BCUT2D eigenvalue weighted by Gasteiger charge is 2.39. The number of amides is 1. The van der Waals surface area contributed by atoms with Gasteiger partial charge in [0, 0.05) is 36.0 Å². The predicted molar refractivity (Wildman–Crippen MR) is 111 cm³/mol. The zero-order valence-electron chi connectivity index (χ0n) is 16.8. The van der Waals surface area contributed by atoms with Gasteiger partial charge in [-0.2, -0.15) is 0 Å². The molecule has 2 aromatic carbocycles. The molecule has 0 radical (unpaired) electrons. The van der Waals surface area contributed by atoms with E-state index in [0.717, 1.165) is 11.3 Å². The Kier molecular flexibility index (Phi) is 5.30. The maximum absolute atomic E-state index is 13.2. The average molecular weight is 409 g/mol. The predicted octanol–water partition coefficient (Wildman–Crippen LogP) is 2.68. The molecule has 3 aromatic rings. The van der Waals surface area contributed by atoms with Crippen molar-refractivity contribution in [1.29, 1.82) is 0 Å². The van der Waals surface area contributed by atoms with Crippen LogP contribution in [0.2, 0.25) is 0 Å². The van der Waals surface area contributed by atoms with Crippen LogP contribution in [0.3, 0.4) is 0 Å². The number of nitrogens with one attached hydrogen (secondary N) is 1. The molecular formula is C23H24FN3O3. The van der Waals surface area contributed by atoms with Crippen LogP contribution in [0, 0.1) is 18.2 Å². The van der Waals surface area contributed by atoms with Gasteiger partial charge in [-0.3, -0.25) is 9.36 Å². The molecule has 1 fully saturated rings. The van der Waals surface area contributed by atoms with E-state index in [1.807, 2.05) is 6.92 Å². The second-order valence-corrected chi connectivity index (χ2v) is 8.06. The van der Waals surface area contributed by atoms with Gasteiger partial charge in [0.05, 0.1) is 12.3 Å². The first kappa shape index (κ1) is 20.1. The number of aromatic nitrogens is 2. The van der Waals surface area contributed by atoms with Crippen molar-refractivity contribution >= 4 is 5.91 Å². The Hall–Kier alpha value is -3.19. The summed E-state index contributed by atoms with van der Waals surface area (Å²) >= 11 is 0. The monoisotopic (exact) mass is 409 g/mol. The number of nitrogens with zero attached hydrogens (tertiary/aromatic N) is 2. The molecule has 4 rings (SSSR count). The van der Waals surface area contributed by atoms with Crippen molar-refractivity contribution < 1.29 is 14.3 Å². The fraction of sp³-hybridized carbons (Fsp3) is 0.304. The second kappa shape index (κ2) is 7.91. The van der Waals surface area contributed by atoms with Crippen molar-refractivity contribution in [3.8, 4) is 5.69 Å². The third kappa shape index (κ3) is 3.80. The minimum atomic E-state index is -0.428. The molecule has 1 aromatic heterocycles. The number of hydrogen-bond donors (Lipinski definition) is 2.